The molecule has 0 spiro atoms. The van der Waals surface area contributed by atoms with E-state index < -0.39 is 11.2 Å². The van der Waals surface area contributed by atoms with Crippen LogP contribution >= 0.6 is 11.6 Å². The number of aliphatic hydroxyl groups is 1. The lowest BCUT2D eigenvalue weighted by Gasteiger charge is -2.41. The lowest BCUT2D eigenvalue weighted by molar-refractivity contribution is -0.0149. The Morgan fingerprint density at radius 3 is 1.45 bits per heavy atom. The fourth-order valence-electron chi connectivity index (χ4n) is 6.42. The highest BCUT2D eigenvalue weighted by atomic mass is 35.5. The predicted molar refractivity (Wildman–Crippen MR) is 225 cm³/mol. The van der Waals surface area contributed by atoms with Crippen molar-refractivity contribution in [2.24, 2.45) is 0 Å². The number of alkyl halides is 1. The Balaban J connectivity index is 0.000000221. The van der Waals surface area contributed by atoms with Gasteiger partial charge in [-0.25, -0.2) is 9.59 Å². The molecule has 6 rings (SSSR count). The van der Waals surface area contributed by atoms with Gasteiger partial charge in [-0.05, 0) is 126 Å². The van der Waals surface area contributed by atoms with Gasteiger partial charge in [-0.3, -0.25) is 9.97 Å². The topological polar surface area (TPSA) is 124 Å². The van der Waals surface area contributed by atoms with E-state index in [1.54, 1.807) is 22.2 Å². The molecule has 2 aliphatic rings. The molecule has 2 aromatic carbocycles. The highest BCUT2D eigenvalue weighted by Gasteiger charge is 2.36. The normalized spacial score (nSPS) is 16.3. The minimum absolute atomic E-state index is 0.0368. The zero-order chi connectivity index (χ0) is 41.7. The van der Waals surface area contributed by atoms with Crippen LogP contribution in [0.25, 0.3) is 0 Å². The molecule has 2 amide bonds. The summed E-state index contributed by atoms with van der Waals surface area (Å²) in [5.74, 6) is 1.97. The van der Waals surface area contributed by atoms with Gasteiger partial charge >= 0.3 is 12.2 Å². The Bertz CT molecular complexity index is 1810. The van der Waals surface area contributed by atoms with Crippen molar-refractivity contribution < 1.29 is 33.6 Å². The van der Waals surface area contributed by atoms with Gasteiger partial charge in [0.25, 0.3) is 0 Å². The minimum atomic E-state index is -0.493. The number of carbonyl (C=O) groups is 2. The van der Waals surface area contributed by atoms with E-state index in [0.717, 1.165) is 66.5 Å². The zero-order valence-electron chi connectivity index (χ0n) is 34.8. The smallest absolute Gasteiger partial charge is 0.410 e. The molecule has 58 heavy (non-hydrogen) atoms. The molecule has 0 unspecified atom stereocenters. The van der Waals surface area contributed by atoms with Crippen molar-refractivity contribution in [3.8, 4) is 11.5 Å². The van der Waals surface area contributed by atoms with E-state index in [1.165, 1.54) is 11.1 Å². The number of ether oxygens (including phenoxy) is 4. The van der Waals surface area contributed by atoms with E-state index in [1.807, 2.05) is 96.4 Å². The maximum absolute atomic E-state index is 12.2. The van der Waals surface area contributed by atoms with Gasteiger partial charge in [0, 0.05) is 31.4 Å². The first-order valence-corrected chi connectivity index (χ1v) is 20.7. The highest BCUT2D eigenvalue weighted by molar-refractivity contribution is 6.17. The van der Waals surface area contributed by atoms with Crippen LogP contribution in [0.15, 0.2) is 85.5 Å². The van der Waals surface area contributed by atoms with Gasteiger partial charge in [0.2, 0.25) is 0 Å². The van der Waals surface area contributed by atoms with Crippen LogP contribution in [-0.2, 0) is 47.6 Å². The number of aromatic nitrogens is 2. The summed E-state index contributed by atoms with van der Waals surface area (Å²) in [6.45, 7) is 13.6. The number of halogens is 1. The van der Waals surface area contributed by atoms with Crippen LogP contribution < -0.4 is 9.47 Å². The third kappa shape index (κ3) is 14.2. The second-order valence-electron chi connectivity index (χ2n) is 16.8. The number of carbonyl (C=O) groups excluding carboxylic acids is 2. The van der Waals surface area contributed by atoms with Gasteiger partial charge in [0.15, 0.2) is 0 Å². The van der Waals surface area contributed by atoms with Crippen LogP contribution in [0.4, 0.5) is 9.59 Å². The van der Waals surface area contributed by atoms with Gasteiger partial charge in [-0.15, -0.1) is 11.6 Å². The van der Waals surface area contributed by atoms with Crippen LogP contribution in [0.2, 0.25) is 0 Å². The summed E-state index contributed by atoms with van der Waals surface area (Å²) < 4.78 is 22.7. The molecule has 2 fully saturated rings. The molecule has 0 saturated carbocycles. The zero-order valence-corrected chi connectivity index (χ0v) is 35.5. The third-order valence-electron chi connectivity index (χ3n) is 9.69. The first-order chi connectivity index (χ1) is 27.7. The third-order valence-corrected chi connectivity index (χ3v) is 10.0. The number of amides is 2. The lowest BCUT2D eigenvalue weighted by atomic mass is 10.0. The summed E-state index contributed by atoms with van der Waals surface area (Å²) in [4.78, 5) is 36.4. The summed E-state index contributed by atoms with van der Waals surface area (Å²) in [6, 6.07) is 20.4. The number of likely N-dealkylation sites (tertiary alicyclic amines) is 2. The van der Waals surface area contributed by atoms with Crippen LogP contribution in [-0.4, -0.2) is 86.6 Å². The average molecular weight is 815 g/mol. The second-order valence-corrected chi connectivity index (χ2v) is 17.1. The molecule has 12 heteroatoms. The first kappa shape index (κ1) is 44.2. The van der Waals surface area contributed by atoms with Gasteiger partial charge in [-0.1, -0.05) is 48.5 Å². The van der Waals surface area contributed by atoms with E-state index in [0.29, 0.717) is 37.9 Å². The van der Waals surface area contributed by atoms with Crippen molar-refractivity contribution in [1.29, 1.82) is 0 Å². The van der Waals surface area contributed by atoms with Crippen molar-refractivity contribution >= 4 is 23.8 Å². The molecular formula is C46H59ClN4O7. The number of benzene rings is 2. The van der Waals surface area contributed by atoms with Gasteiger partial charge in [0.1, 0.15) is 35.9 Å². The van der Waals surface area contributed by atoms with Crippen molar-refractivity contribution in [2.45, 2.75) is 116 Å². The van der Waals surface area contributed by atoms with Crippen molar-refractivity contribution in [2.75, 3.05) is 26.3 Å². The Morgan fingerprint density at radius 2 is 1.05 bits per heavy atom. The molecule has 2 saturated heterocycles. The molecule has 4 heterocycles. The van der Waals surface area contributed by atoms with Crippen LogP contribution in [0.1, 0.15) is 87.8 Å². The van der Waals surface area contributed by atoms with Crippen LogP contribution in [0.5, 0.6) is 11.5 Å². The quantitative estimate of drug-likeness (QED) is 0.125. The molecule has 1 N–H and O–H groups in total. The minimum Gasteiger partial charge on any atom is -0.490 e. The molecule has 2 atom stereocenters. The van der Waals surface area contributed by atoms with Gasteiger partial charge in [0.05, 0.1) is 31.1 Å². The molecule has 2 aromatic heterocycles. The fraction of sp³-hybridized carbons (Fsp3) is 0.478. The Labute approximate surface area is 348 Å². The SMILES string of the molecule is CC(C)(C)OC(=O)N1CC[C@H]1COc1cncc(CCc2cccc(CCl)c2)c1.CC(C)(C)OC(=O)N1CC[C@H]1COc1cncc(CCc2cccc(CO)c2)c1. The van der Waals surface area contributed by atoms with Gasteiger partial charge in [-0.2, -0.15) is 0 Å². The lowest BCUT2D eigenvalue weighted by Crippen LogP contribution is -2.55. The Morgan fingerprint density at radius 1 is 0.638 bits per heavy atom. The number of nitrogens with zero attached hydrogens (tertiary/aromatic N) is 4. The number of aliphatic hydroxyl groups excluding tert-OH is 1. The van der Waals surface area contributed by atoms with E-state index in [2.05, 4.69) is 28.2 Å². The van der Waals surface area contributed by atoms with Crippen LogP contribution in [0, 0.1) is 0 Å². The van der Waals surface area contributed by atoms with E-state index >= 15 is 0 Å². The largest absolute Gasteiger partial charge is 0.490 e. The van der Waals surface area contributed by atoms with Gasteiger partial charge < -0.3 is 33.9 Å². The Hall–Kier alpha value is -4.87. The fourth-order valence-corrected chi connectivity index (χ4v) is 6.59. The van der Waals surface area contributed by atoms with Crippen molar-refractivity contribution in [3.63, 3.8) is 0 Å². The van der Waals surface area contributed by atoms with E-state index in [9.17, 15) is 14.7 Å². The molecule has 2 aliphatic heterocycles. The van der Waals surface area contributed by atoms with Crippen molar-refractivity contribution in [1.82, 2.24) is 19.8 Å². The first-order valence-electron chi connectivity index (χ1n) is 20.1. The standard InChI is InChI=1S/C23H29ClN2O3.C23H30N2O4/c1-23(2,3)29-22(27)26-10-9-20(26)16-28-21-12-19(14-25-15-21)8-7-17-5-4-6-18(11-17)13-24;1-23(2,3)29-22(27)25-10-9-20(25)16-28-21-12-18(13-24-14-21)8-7-17-5-4-6-19(11-17)15-26/h4-6,11-12,14-15,20H,7-10,13,16H2,1-3H3;4-6,11-14,20,26H,7-10,15-16H2,1-3H3/t2*20-/m00/s1. The molecular weight excluding hydrogens is 756 g/mol. The number of pyridine rings is 2. The number of hydrogen-bond acceptors (Lipinski definition) is 9. The summed E-state index contributed by atoms with van der Waals surface area (Å²) in [7, 11) is 0. The monoisotopic (exact) mass is 814 g/mol. The van der Waals surface area contributed by atoms with Crippen molar-refractivity contribution in [3.05, 3.63) is 119 Å². The maximum Gasteiger partial charge on any atom is 0.410 e. The van der Waals surface area contributed by atoms with Crippen LogP contribution in [0.3, 0.4) is 0 Å². The summed E-state index contributed by atoms with van der Waals surface area (Å²) in [5, 5.41) is 9.26. The molecule has 0 bridgehead atoms. The summed E-state index contributed by atoms with van der Waals surface area (Å²) in [5.41, 5.74) is 5.74. The number of aryl methyl sites for hydroxylation is 4. The maximum atomic E-state index is 12.2. The summed E-state index contributed by atoms with van der Waals surface area (Å²) in [6.07, 6.45) is 11.9. The highest BCUT2D eigenvalue weighted by Crippen LogP contribution is 2.25. The summed E-state index contributed by atoms with van der Waals surface area (Å²) >= 11 is 5.92. The number of rotatable bonds is 14. The molecule has 4 aromatic rings. The predicted octanol–water partition coefficient (Wildman–Crippen LogP) is 8.74. The number of hydrogen-bond donors (Lipinski definition) is 1. The molecule has 0 aliphatic carbocycles. The van der Waals surface area contributed by atoms with E-state index in [-0.39, 0.29) is 30.9 Å². The molecule has 11 nitrogen and oxygen atoms in total. The second kappa shape index (κ2) is 20.7. The molecule has 312 valence electrons. The Kier molecular flexibility index (Phi) is 15.8. The van der Waals surface area contributed by atoms with E-state index in [4.69, 9.17) is 30.5 Å². The molecule has 0 radical (unpaired) electrons. The average Bonchev–Trinajstić information content (AvgIpc) is 3.15.